The fraction of sp³-hybridized carbons (Fsp3) is 1.00. The fourth-order valence-corrected chi connectivity index (χ4v) is 5.55. The SMILES string of the molecule is CCCO[Si](OCCC)(OCCC)C(C)OC(CC)OC1(CC)OC(CC)O1. The first kappa shape index (κ1) is 26.0. The third-order valence-electron chi connectivity index (χ3n) is 4.41. The van der Waals surface area contributed by atoms with Crippen molar-refractivity contribution in [1.29, 1.82) is 0 Å². The number of hydrogen-bond donors (Lipinski definition) is 0. The smallest absolute Gasteiger partial charge is 0.372 e. The van der Waals surface area contributed by atoms with Gasteiger partial charge in [-0.15, -0.1) is 0 Å². The van der Waals surface area contributed by atoms with Gasteiger partial charge in [-0.1, -0.05) is 41.5 Å². The highest BCUT2D eigenvalue weighted by Crippen LogP contribution is 2.37. The Morgan fingerprint density at radius 1 is 0.857 bits per heavy atom. The minimum absolute atomic E-state index is 0.211. The van der Waals surface area contributed by atoms with Crippen LogP contribution in [0.25, 0.3) is 0 Å². The lowest BCUT2D eigenvalue weighted by atomic mass is 10.3. The summed E-state index contributed by atoms with van der Waals surface area (Å²) in [5, 5.41) is 0. The molecule has 7 nitrogen and oxygen atoms in total. The highest BCUT2D eigenvalue weighted by atomic mass is 28.4. The summed E-state index contributed by atoms with van der Waals surface area (Å²) in [4.78, 5) is 0. The third-order valence-corrected chi connectivity index (χ3v) is 7.36. The van der Waals surface area contributed by atoms with Gasteiger partial charge in [-0.3, -0.25) is 14.2 Å². The molecule has 0 aliphatic carbocycles. The van der Waals surface area contributed by atoms with Crippen molar-refractivity contribution in [1.82, 2.24) is 0 Å². The molecular formula is C20H42O7Si. The molecule has 0 aromatic carbocycles. The molecule has 0 N–H and O–H groups in total. The van der Waals surface area contributed by atoms with Crippen LogP contribution >= 0.6 is 0 Å². The standard InChI is InChI=1S/C20H42O7Si/c1-8-14-21-28(22-15-9-2,23-16-10-3)17(7)24-18(11-4)25-20(13-6)26-19(12-5)27-20/h17-19H,8-16H2,1-7H3. The first-order chi connectivity index (χ1) is 13.4. The molecule has 1 fully saturated rings. The van der Waals surface area contributed by atoms with Gasteiger partial charge in [-0.05, 0) is 39.0 Å². The van der Waals surface area contributed by atoms with Gasteiger partial charge in [0.05, 0.1) is 0 Å². The highest BCUT2D eigenvalue weighted by molar-refractivity contribution is 6.62. The molecule has 168 valence electrons. The quantitative estimate of drug-likeness (QED) is 0.247. The zero-order chi connectivity index (χ0) is 21.0. The molecule has 0 amide bonds. The summed E-state index contributed by atoms with van der Waals surface area (Å²) in [7, 11) is -3.02. The Hall–Kier alpha value is -0.0631. The minimum Gasteiger partial charge on any atom is -0.372 e. The first-order valence-electron chi connectivity index (χ1n) is 11.0. The van der Waals surface area contributed by atoms with E-state index in [4.69, 9.17) is 32.2 Å². The van der Waals surface area contributed by atoms with E-state index in [-0.39, 0.29) is 12.0 Å². The monoisotopic (exact) mass is 422 g/mol. The van der Waals surface area contributed by atoms with Crippen molar-refractivity contribution in [2.24, 2.45) is 0 Å². The average Bonchev–Trinajstić information content (AvgIpc) is 2.69. The molecule has 8 heteroatoms. The zero-order valence-electron chi connectivity index (χ0n) is 19.0. The van der Waals surface area contributed by atoms with Crippen molar-refractivity contribution >= 4 is 8.80 Å². The van der Waals surface area contributed by atoms with E-state index in [9.17, 15) is 0 Å². The van der Waals surface area contributed by atoms with Crippen LogP contribution in [0.3, 0.4) is 0 Å². The topological polar surface area (TPSA) is 64.6 Å². The van der Waals surface area contributed by atoms with Gasteiger partial charge in [0, 0.05) is 26.2 Å². The van der Waals surface area contributed by atoms with Gasteiger partial charge in [-0.25, -0.2) is 0 Å². The van der Waals surface area contributed by atoms with Gasteiger partial charge in [-0.2, -0.15) is 0 Å². The van der Waals surface area contributed by atoms with Crippen molar-refractivity contribution in [3.05, 3.63) is 0 Å². The van der Waals surface area contributed by atoms with E-state index in [1.807, 2.05) is 27.7 Å². The average molecular weight is 423 g/mol. The van der Waals surface area contributed by atoms with Crippen LogP contribution in [0.2, 0.25) is 0 Å². The summed E-state index contributed by atoms with van der Waals surface area (Å²) in [6.07, 6.45) is 3.98. The molecular weight excluding hydrogens is 380 g/mol. The van der Waals surface area contributed by atoms with Crippen molar-refractivity contribution in [3.8, 4) is 0 Å². The highest BCUT2D eigenvalue weighted by Gasteiger charge is 2.52. The summed E-state index contributed by atoms with van der Waals surface area (Å²) >= 11 is 0. The third kappa shape index (κ3) is 7.32. The van der Waals surface area contributed by atoms with Crippen molar-refractivity contribution in [3.63, 3.8) is 0 Å². The minimum atomic E-state index is -3.02. The van der Waals surface area contributed by atoms with E-state index < -0.39 is 21.1 Å². The maximum atomic E-state index is 6.26. The molecule has 1 rings (SSSR count). The van der Waals surface area contributed by atoms with Crippen molar-refractivity contribution < 1.29 is 32.2 Å². The van der Waals surface area contributed by atoms with Crippen LogP contribution in [0.4, 0.5) is 0 Å². The second-order valence-electron chi connectivity index (χ2n) is 6.99. The van der Waals surface area contributed by atoms with Crippen LogP contribution in [0, 0.1) is 0 Å². The summed E-state index contributed by atoms with van der Waals surface area (Å²) in [6, 6.07) is 0. The van der Waals surface area contributed by atoms with E-state index in [2.05, 4.69) is 20.8 Å². The van der Waals surface area contributed by atoms with Crippen molar-refractivity contribution in [2.75, 3.05) is 19.8 Å². The zero-order valence-corrected chi connectivity index (χ0v) is 20.0. The summed E-state index contributed by atoms with van der Waals surface area (Å²) < 4.78 is 42.5. The Labute approximate surface area is 172 Å². The number of rotatable bonds is 17. The lowest BCUT2D eigenvalue weighted by molar-refractivity contribution is -0.559. The Bertz CT molecular complexity index is 382. The van der Waals surface area contributed by atoms with E-state index in [0.29, 0.717) is 32.7 Å². The van der Waals surface area contributed by atoms with Crippen LogP contribution in [-0.4, -0.2) is 52.9 Å². The molecule has 0 aromatic heterocycles. The molecule has 1 aliphatic rings. The van der Waals surface area contributed by atoms with Gasteiger partial charge in [0.15, 0.2) is 12.6 Å². The van der Waals surface area contributed by atoms with Crippen LogP contribution < -0.4 is 0 Å². The molecule has 0 bridgehead atoms. The summed E-state index contributed by atoms with van der Waals surface area (Å²) in [5.74, 6) is -1.02. The second kappa shape index (κ2) is 13.3. The van der Waals surface area contributed by atoms with Gasteiger partial charge >= 0.3 is 8.80 Å². The maximum Gasteiger partial charge on any atom is 0.531 e. The van der Waals surface area contributed by atoms with Crippen LogP contribution in [0.5, 0.6) is 0 Å². The summed E-state index contributed by atoms with van der Waals surface area (Å²) in [6.45, 7) is 15.9. The molecule has 2 unspecified atom stereocenters. The van der Waals surface area contributed by atoms with Gasteiger partial charge in [0.2, 0.25) is 0 Å². The predicted octanol–water partition coefficient (Wildman–Crippen LogP) is 4.75. The first-order valence-corrected chi connectivity index (χ1v) is 12.9. The van der Waals surface area contributed by atoms with Crippen LogP contribution in [0.1, 0.15) is 87.0 Å². The lowest BCUT2D eigenvalue weighted by Crippen LogP contribution is -2.60. The Balaban J connectivity index is 2.84. The van der Waals surface area contributed by atoms with E-state index in [0.717, 1.165) is 25.7 Å². The molecule has 0 saturated carbocycles. The Morgan fingerprint density at radius 3 is 1.71 bits per heavy atom. The molecule has 0 spiro atoms. The van der Waals surface area contributed by atoms with E-state index in [1.165, 1.54) is 0 Å². The predicted molar refractivity (Wildman–Crippen MR) is 109 cm³/mol. The molecule has 1 aliphatic heterocycles. The normalized spacial score (nSPS) is 24.8. The second-order valence-corrected chi connectivity index (χ2v) is 9.88. The van der Waals surface area contributed by atoms with Gasteiger partial charge in [0.1, 0.15) is 5.73 Å². The molecule has 28 heavy (non-hydrogen) atoms. The fourth-order valence-electron chi connectivity index (χ4n) is 2.81. The summed E-state index contributed by atoms with van der Waals surface area (Å²) in [5.41, 5.74) is -0.363. The Kier molecular flexibility index (Phi) is 12.3. The molecule has 2 atom stereocenters. The van der Waals surface area contributed by atoms with Crippen LogP contribution in [-0.2, 0) is 32.2 Å². The Morgan fingerprint density at radius 2 is 1.36 bits per heavy atom. The van der Waals surface area contributed by atoms with E-state index >= 15 is 0 Å². The number of hydrogen-bond acceptors (Lipinski definition) is 7. The molecule has 1 saturated heterocycles. The molecule has 1 heterocycles. The molecule has 0 aromatic rings. The van der Waals surface area contributed by atoms with Gasteiger partial charge in [0.25, 0.3) is 5.97 Å². The van der Waals surface area contributed by atoms with Crippen molar-refractivity contribution in [2.45, 2.75) is 111 Å². The lowest BCUT2D eigenvalue weighted by Gasteiger charge is -2.47. The van der Waals surface area contributed by atoms with Crippen LogP contribution in [0.15, 0.2) is 0 Å². The largest absolute Gasteiger partial charge is 0.531 e. The molecule has 0 radical (unpaired) electrons. The maximum absolute atomic E-state index is 6.26. The van der Waals surface area contributed by atoms with E-state index in [1.54, 1.807) is 0 Å². The van der Waals surface area contributed by atoms with Gasteiger partial charge < -0.3 is 18.0 Å². The number of ether oxygens (including phenoxy) is 4.